The second-order valence-corrected chi connectivity index (χ2v) is 4.91. The largest absolute Gasteiger partial charge is 0.460 e. The number of hydrogen-bond acceptors (Lipinski definition) is 5. The number of esters is 2. The maximum Gasteiger partial charge on any atom is 0.352 e. The van der Waals surface area contributed by atoms with Crippen molar-refractivity contribution in [2.24, 2.45) is 0 Å². The molecule has 0 saturated carbocycles. The van der Waals surface area contributed by atoms with E-state index in [1.165, 1.54) is 0 Å². The molecule has 5 nitrogen and oxygen atoms in total. The number of rotatable bonds is 8. The molecule has 0 aromatic carbocycles. The first-order chi connectivity index (χ1) is 10.1. The van der Waals surface area contributed by atoms with Gasteiger partial charge in [0.15, 0.2) is 0 Å². The van der Waals surface area contributed by atoms with Crippen molar-refractivity contribution in [3.8, 4) is 0 Å². The van der Waals surface area contributed by atoms with Crippen LogP contribution in [0, 0.1) is 0 Å². The summed E-state index contributed by atoms with van der Waals surface area (Å²) in [6, 6.07) is 3.30. The number of aromatic nitrogens is 1. The van der Waals surface area contributed by atoms with Crippen LogP contribution in [0.1, 0.15) is 58.1 Å². The number of pyridine rings is 1. The fraction of sp³-hybridized carbons (Fsp3) is 0.562. The van der Waals surface area contributed by atoms with E-state index >= 15 is 0 Å². The molecule has 1 aromatic heterocycles. The highest BCUT2D eigenvalue weighted by atomic mass is 16.6. The number of hydrogen-bond donors (Lipinski definition) is 0. The molecule has 0 bridgehead atoms. The minimum absolute atomic E-state index is 0.212. The first kappa shape index (κ1) is 17.1. The zero-order chi connectivity index (χ0) is 15.7. The van der Waals surface area contributed by atoms with E-state index in [0.29, 0.717) is 18.4 Å². The Morgan fingerprint density at radius 2 is 1.86 bits per heavy atom. The van der Waals surface area contributed by atoms with Gasteiger partial charge in [0.25, 0.3) is 0 Å². The van der Waals surface area contributed by atoms with Crippen molar-refractivity contribution in [1.29, 1.82) is 0 Å². The first-order valence-corrected chi connectivity index (χ1v) is 7.38. The van der Waals surface area contributed by atoms with Crippen LogP contribution in [0.2, 0.25) is 0 Å². The Morgan fingerprint density at radius 1 is 1.19 bits per heavy atom. The van der Waals surface area contributed by atoms with Crippen LogP contribution in [0.3, 0.4) is 0 Å². The summed E-state index contributed by atoms with van der Waals surface area (Å²) in [5.41, 5.74) is 0.572. The van der Waals surface area contributed by atoms with Crippen molar-refractivity contribution in [2.75, 3.05) is 0 Å². The molecule has 0 saturated heterocycles. The number of carbonyl (C=O) groups is 2. The average molecular weight is 293 g/mol. The lowest BCUT2D eigenvalue weighted by Gasteiger charge is -2.19. The van der Waals surface area contributed by atoms with Crippen LogP contribution >= 0.6 is 0 Å². The van der Waals surface area contributed by atoms with Gasteiger partial charge in [-0.1, -0.05) is 20.3 Å². The molecular formula is C16H23NO4. The number of carbonyl (C=O) groups excluding carboxylic acids is 2. The zero-order valence-electron chi connectivity index (χ0n) is 12.9. The van der Waals surface area contributed by atoms with Gasteiger partial charge in [0.2, 0.25) is 6.10 Å². The topological polar surface area (TPSA) is 65.5 Å². The molecule has 0 spiro atoms. The van der Waals surface area contributed by atoms with Gasteiger partial charge in [0.1, 0.15) is 0 Å². The van der Waals surface area contributed by atoms with Crippen LogP contribution in [0.25, 0.3) is 0 Å². The highest BCUT2D eigenvalue weighted by molar-refractivity contribution is 5.80. The molecule has 2 unspecified atom stereocenters. The molecule has 0 radical (unpaired) electrons. The maximum absolute atomic E-state index is 12.2. The van der Waals surface area contributed by atoms with Crippen molar-refractivity contribution in [2.45, 2.75) is 58.7 Å². The molecule has 116 valence electrons. The predicted molar refractivity (Wildman–Crippen MR) is 78.4 cm³/mol. The summed E-state index contributed by atoms with van der Waals surface area (Å²) < 4.78 is 10.6. The Kier molecular flexibility index (Phi) is 7.43. The third kappa shape index (κ3) is 5.94. The fourth-order valence-electron chi connectivity index (χ4n) is 1.65. The second kappa shape index (κ2) is 9.10. The molecule has 1 rings (SSSR count). The minimum atomic E-state index is -1.02. The van der Waals surface area contributed by atoms with E-state index in [-0.39, 0.29) is 12.1 Å². The van der Waals surface area contributed by atoms with E-state index in [4.69, 9.17) is 9.47 Å². The van der Waals surface area contributed by atoms with E-state index in [1.807, 2.05) is 13.8 Å². The van der Waals surface area contributed by atoms with Gasteiger partial charge in [-0.15, -0.1) is 0 Å². The lowest BCUT2D eigenvalue weighted by Crippen LogP contribution is -2.25. The molecule has 21 heavy (non-hydrogen) atoms. The van der Waals surface area contributed by atoms with E-state index < -0.39 is 12.1 Å². The molecule has 0 aliphatic heterocycles. The highest BCUT2D eigenvalue weighted by Gasteiger charge is 2.27. The molecule has 0 aliphatic carbocycles. The van der Waals surface area contributed by atoms with Crippen molar-refractivity contribution >= 4 is 11.9 Å². The number of nitrogens with zero attached hydrogens (tertiary/aromatic N) is 1. The van der Waals surface area contributed by atoms with Gasteiger partial charge in [0, 0.05) is 24.4 Å². The Morgan fingerprint density at radius 3 is 2.43 bits per heavy atom. The van der Waals surface area contributed by atoms with Gasteiger partial charge in [0.05, 0.1) is 6.10 Å². The monoisotopic (exact) mass is 293 g/mol. The van der Waals surface area contributed by atoms with Crippen LogP contribution in [0.4, 0.5) is 0 Å². The second-order valence-electron chi connectivity index (χ2n) is 4.91. The van der Waals surface area contributed by atoms with Crippen molar-refractivity contribution < 1.29 is 19.1 Å². The molecular weight excluding hydrogens is 270 g/mol. The van der Waals surface area contributed by atoms with Crippen LogP contribution in [-0.2, 0) is 19.1 Å². The quantitative estimate of drug-likeness (QED) is 0.689. The molecule has 1 heterocycles. The van der Waals surface area contributed by atoms with Gasteiger partial charge >= 0.3 is 11.9 Å². The predicted octanol–water partition coefficient (Wildman–Crippen LogP) is 3.20. The van der Waals surface area contributed by atoms with Crippen LogP contribution in [0.15, 0.2) is 24.5 Å². The van der Waals surface area contributed by atoms with Gasteiger partial charge in [-0.25, -0.2) is 4.79 Å². The fourth-order valence-corrected chi connectivity index (χ4v) is 1.65. The van der Waals surface area contributed by atoms with Crippen LogP contribution in [-0.4, -0.2) is 23.0 Å². The lowest BCUT2D eigenvalue weighted by molar-refractivity contribution is -0.171. The Labute approximate surface area is 125 Å². The molecule has 5 heteroatoms. The molecule has 0 N–H and O–H groups in total. The van der Waals surface area contributed by atoms with E-state index in [2.05, 4.69) is 4.98 Å². The third-order valence-corrected chi connectivity index (χ3v) is 3.10. The molecule has 0 aliphatic rings. The summed E-state index contributed by atoms with van der Waals surface area (Å²) in [6.07, 6.45) is 4.52. The smallest absolute Gasteiger partial charge is 0.352 e. The van der Waals surface area contributed by atoms with E-state index in [1.54, 1.807) is 31.5 Å². The Hall–Kier alpha value is -1.91. The Balaban J connectivity index is 2.80. The number of ether oxygens (including phenoxy) is 2. The van der Waals surface area contributed by atoms with Crippen LogP contribution in [0.5, 0.6) is 0 Å². The van der Waals surface area contributed by atoms with Crippen molar-refractivity contribution in [3.05, 3.63) is 30.1 Å². The van der Waals surface area contributed by atoms with Crippen molar-refractivity contribution in [3.63, 3.8) is 0 Å². The zero-order valence-corrected chi connectivity index (χ0v) is 12.9. The summed E-state index contributed by atoms with van der Waals surface area (Å²) in [5, 5.41) is 0. The summed E-state index contributed by atoms with van der Waals surface area (Å²) >= 11 is 0. The summed E-state index contributed by atoms with van der Waals surface area (Å²) in [5.74, 6) is -0.930. The van der Waals surface area contributed by atoms with Crippen molar-refractivity contribution in [1.82, 2.24) is 4.98 Å². The highest BCUT2D eigenvalue weighted by Crippen LogP contribution is 2.21. The van der Waals surface area contributed by atoms with Crippen LogP contribution < -0.4 is 0 Å². The SMILES string of the molecule is CCCCC(=O)OC(C(=O)OC(C)CC)c1ccncc1. The normalized spacial score (nSPS) is 13.3. The average Bonchev–Trinajstić information content (AvgIpc) is 2.51. The molecule has 0 amide bonds. The maximum atomic E-state index is 12.2. The summed E-state index contributed by atoms with van der Waals surface area (Å²) in [6.45, 7) is 5.72. The summed E-state index contributed by atoms with van der Waals surface area (Å²) in [4.78, 5) is 27.9. The first-order valence-electron chi connectivity index (χ1n) is 7.38. The summed E-state index contributed by atoms with van der Waals surface area (Å²) in [7, 11) is 0. The minimum Gasteiger partial charge on any atom is -0.460 e. The van der Waals surface area contributed by atoms with Gasteiger partial charge in [-0.05, 0) is 31.9 Å². The van der Waals surface area contributed by atoms with Gasteiger partial charge < -0.3 is 9.47 Å². The Bertz CT molecular complexity index is 447. The lowest BCUT2D eigenvalue weighted by atomic mass is 10.1. The molecule has 0 fully saturated rings. The molecule has 1 aromatic rings. The third-order valence-electron chi connectivity index (χ3n) is 3.10. The standard InChI is InChI=1S/C16H23NO4/c1-4-6-7-14(18)21-15(13-8-10-17-11-9-13)16(19)20-12(3)5-2/h8-12,15H,4-7H2,1-3H3. The van der Waals surface area contributed by atoms with Gasteiger partial charge in [-0.2, -0.15) is 0 Å². The van der Waals surface area contributed by atoms with Gasteiger partial charge in [-0.3, -0.25) is 9.78 Å². The number of unbranched alkanes of at least 4 members (excludes halogenated alkanes) is 1. The molecule has 2 atom stereocenters. The van der Waals surface area contributed by atoms with E-state index in [0.717, 1.165) is 12.8 Å². The van der Waals surface area contributed by atoms with E-state index in [9.17, 15) is 9.59 Å².